The van der Waals surface area contributed by atoms with E-state index in [1.165, 1.54) is 17.5 Å². The predicted octanol–water partition coefficient (Wildman–Crippen LogP) is 1.62. The summed E-state index contributed by atoms with van der Waals surface area (Å²) >= 11 is 0. The molecule has 0 fully saturated rings. The monoisotopic (exact) mass is 145 g/mol. The van der Waals surface area contributed by atoms with Crippen molar-refractivity contribution in [2.75, 3.05) is 0 Å². The van der Waals surface area contributed by atoms with Gasteiger partial charge in [0.15, 0.2) is 0 Å². The molecule has 0 unspecified atom stereocenters. The Hall–Kier alpha value is -1.00. The highest BCUT2D eigenvalue weighted by atomic mass is 14.6. The van der Waals surface area contributed by atoms with Crippen molar-refractivity contribution in [1.29, 1.82) is 0 Å². The smallest absolute Gasteiger partial charge is 0.0304 e. The van der Waals surface area contributed by atoms with E-state index in [0.717, 1.165) is 12.8 Å². The van der Waals surface area contributed by atoms with Crippen LogP contribution in [0.1, 0.15) is 30.0 Å². The van der Waals surface area contributed by atoms with E-state index in [4.69, 9.17) is 5.73 Å². The van der Waals surface area contributed by atoms with Gasteiger partial charge in [0.1, 0.15) is 0 Å². The molecule has 0 amide bonds. The highest BCUT2D eigenvalue weighted by Gasteiger charge is 2.14. The summed E-state index contributed by atoms with van der Waals surface area (Å²) in [4.78, 5) is 0. The zero-order chi connectivity index (χ0) is 7.68. The molecule has 11 heavy (non-hydrogen) atoms. The van der Waals surface area contributed by atoms with Gasteiger partial charge in [-0.3, -0.25) is 0 Å². The average molecular weight is 145 g/mol. The van der Waals surface area contributed by atoms with E-state index < -0.39 is 0 Å². The Bertz CT molecular complexity index is 255. The summed E-state index contributed by atoms with van der Waals surface area (Å²) in [6.07, 6.45) is 3.44. The molecule has 0 spiro atoms. The van der Waals surface area contributed by atoms with Gasteiger partial charge in [0.25, 0.3) is 0 Å². The molecule has 1 aromatic carbocycles. The molecule has 1 heteroatoms. The van der Waals surface area contributed by atoms with E-state index in [-0.39, 0.29) is 6.04 Å². The maximum Gasteiger partial charge on any atom is 0.0304 e. The molecule has 0 radical (unpaired) electrons. The lowest BCUT2D eigenvalue weighted by atomic mass is 9.89. The van der Waals surface area contributed by atoms with Gasteiger partial charge in [0, 0.05) is 11.6 Å². The number of fused-ring (bicyclic) bond motifs is 1. The fourth-order valence-electron chi connectivity index (χ4n) is 1.64. The highest BCUT2D eigenvalue weighted by molar-refractivity contribution is 5.28. The van der Waals surface area contributed by atoms with Crippen LogP contribution in [-0.2, 0) is 6.42 Å². The Labute approximate surface area is 67.2 Å². The quantitative estimate of drug-likeness (QED) is 0.590. The van der Waals surface area contributed by atoms with Crippen molar-refractivity contribution in [3.05, 3.63) is 35.4 Å². The molecule has 0 aromatic heterocycles. The summed E-state index contributed by atoms with van der Waals surface area (Å²) in [6.45, 7) is 0. The molecule has 0 saturated carbocycles. The van der Waals surface area contributed by atoms with Crippen molar-refractivity contribution < 1.29 is 0 Å². The van der Waals surface area contributed by atoms with Gasteiger partial charge in [-0.1, -0.05) is 12.1 Å². The molecular weight excluding hydrogens is 134 g/mol. The van der Waals surface area contributed by atoms with Crippen LogP contribution in [-0.4, -0.2) is 0 Å². The van der Waals surface area contributed by atoms with Crippen molar-refractivity contribution >= 4 is 0 Å². The third kappa shape index (κ3) is 1.10. The SMILES string of the molecule is N[C@H]1CCCc2c#cccc21. The lowest BCUT2D eigenvalue weighted by Crippen LogP contribution is -2.16. The van der Waals surface area contributed by atoms with Crippen molar-refractivity contribution in [2.24, 2.45) is 5.73 Å². The second kappa shape index (κ2) is 2.56. The van der Waals surface area contributed by atoms with Crippen LogP contribution in [0.5, 0.6) is 0 Å². The maximum atomic E-state index is 5.91. The van der Waals surface area contributed by atoms with Crippen LogP contribution in [0.4, 0.5) is 0 Å². The highest BCUT2D eigenvalue weighted by Crippen LogP contribution is 2.25. The van der Waals surface area contributed by atoms with Crippen molar-refractivity contribution in [2.45, 2.75) is 25.3 Å². The summed E-state index contributed by atoms with van der Waals surface area (Å²) in [6, 6.07) is 10.3. The molecule has 0 heterocycles. The van der Waals surface area contributed by atoms with E-state index in [0.29, 0.717) is 0 Å². The second-order valence-corrected chi connectivity index (χ2v) is 3.04. The molecule has 1 aliphatic rings. The maximum absolute atomic E-state index is 5.91. The van der Waals surface area contributed by atoms with Gasteiger partial charge >= 0.3 is 0 Å². The number of rotatable bonds is 0. The van der Waals surface area contributed by atoms with Gasteiger partial charge in [0.05, 0.1) is 0 Å². The van der Waals surface area contributed by atoms with E-state index in [2.05, 4.69) is 18.2 Å². The van der Waals surface area contributed by atoms with Crippen LogP contribution in [0.25, 0.3) is 0 Å². The third-order valence-corrected chi connectivity index (χ3v) is 2.26. The average Bonchev–Trinajstić information content (AvgIpc) is 2.06. The third-order valence-electron chi connectivity index (χ3n) is 2.26. The molecular formula is C10H11N. The van der Waals surface area contributed by atoms with Gasteiger partial charge in [-0.2, -0.15) is 0 Å². The summed E-state index contributed by atoms with van der Waals surface area (Å²) < 4.78 is 0. The molecule has 1 nitrogen and oxygen atoms in total. The van der Waals surface area contributed by atoms with Gasteiger partial charge in [-0.15, -0.1) is 0 Å². The molecule has 56 valence electrons. The number of nitrogens with two attached hydrogens (primary N) is 1. The first-order valence-corrected chi connectivity index (χ1v) is 4.04. The van der Waals surface area contributed by atoms with Crippen LogP contribution >= 0.6 is 0 Å². The van der Waals surface area contributed by atoms with Crippen molar-refractivity contribution in [3.63, 3.8) is 0 Å². The first-order chi connectivity index (χ1) is 5.38. The lowest BCUT2D eigenvalue weighted by molar-refractivity contribution is 0.571. The minimum atomic E-state index is 0.240. The molecule has 0 saturated heterocycles. The number of hydrogen-bond acceptors (Lipinski definition) is 1. The van der Waals surface area contributed by atoms with Crippen LogP contribution < -0.4 is 5.73 Å². The molecule has 0 aliphatic heterocycles. The molecule has 1 aromatic rings. The topological polar surface area (TPSA) is 26.0 Å². The Morgan fingerprint density at radius 1 is 1.55 bits per heavy atom. The first-order valence-electron chi connectivity index (χ1n) is 4.04. The Balaban J connectivity index is 2.44. The summed E-state index contributed by atoms with van der Waals surface area (Å²) in [5.74, 6) is 0. The van der Waals surface area contributed by atoms with Gasteiger partial charge in [-0.05, 0) is 37.0 Å². The van der Waals surface area contributed by atoms with Crippen LogP contribution in [0.2, 0.25) is 0 Å². The minimum Gasteiger partial charge on any atom is -0.324 e. The molecule has 1 aliphatic carbocycles. The fourth-order valence-corrected chi connectivity index (χ4v) is 1.64. The Morgan fingerprint density at radius 2 is 2.45 bits per heavy atom. The van der Waals surface area contributed by atoms with Crippen molar-refractivity contribution in [1.82, 2.24) is 0 Å². The van der Waals surface area contributed by atoms with E-state index in [1.54, 1.807) is 0 Å². The van der Waals surface area contributed by atoms with Gasteiger partial charge in [0.2, 0.25) is 0 Å². The first kappa shape index (κ1) is 6.69. The number of hydrogen-bond donors (Lipinski definition) is 1. The molecule has 1 atom stereocenters. The standard InChI is InChI=1S/C10H11N/c11-10-7-3-5-8-4-1-2-6-9(8)10/h2,6,10H,3,5,7,11H2/t10-/m0/s1. The summed E-state index contributed by atoms with van der Waals surface area (Å²) in [5, 5.41) is 0. The second-order valence-electron chi connectivity index (χ2n) is 3.04. The Kier molecular flexibility index (Phi) is 1.56. The zero-order valence-corrected chi connectivity index (χ0v) is 6.43. The fraction of sp³-hybridized carbons (Fsp3) is 0.400. The Morgan fingerprint density at radius 3 is 3.27 bits per heavy atom. The molecule has 0 bridgehead atoms. The zero-order valence-electron chi connectivity index (χ0n) is 6.43. The van der Waals surface area contributed by atoms with E-state index >= 15 is 0 Å². The normalized spacial score (nSPS) is 22.1. The largest absolute Gasteiger partial charge is 0.324 e. The molecule has 2 N–H and O–H groups in total. The van der Waals surface area contributed by atoms with Gasteiger partial charge in [-0.25, -0.2) is 0 Å². The summed E-state index contributed by atoms with van der Waals surface area (Å²) in [7, 11) is 0. The molecule has 2 rings (SSSR count). The summed E-state index contributed by atoms with van der Waals surface area (Å²) in [5.41, 5.74) is 8.46. The predicted molar refractivity (Wildman–Crippen MR) is 44.0 cm³/mol. The minimum absolute atomic E-state index is 0.240. The van der Waals surface area contributed by atoms with E-state index in [9.17, 15) is 0 Å². The van der Waals surface area contributed by atoms with Crippen molar-refractivity contribution in [3.8, 4) is 0 Å². The van der Waals surface area contributed by atoms with E-state index in [1.807, 2.05) is 6.07 Å². The van der Waals surface area contributed by atoms with Crippen LogP contribution in [0.15, 0.2) is 12.1 Å². The van der Waals surface area contributed by atoms with Crippen LogP contribution in [0.3, 0.4) is 0 Å². The lowest BCUT2D eigenvalue weighted by Gasteiger charge is -2.19. The van der Waals surface area contributed by atoms with Crippen LogP contribution in [0, 0.1) is 12.1 Å². The van der Waals surface area contributed by atoms with Gasteiger partial charge < -0.3 is 5.73 Å².